The monoisotopic (exact) mass is 358 g/mol. The molecule has 2 atom stereocenters. The van der Waals surface area contributed by atoms with Gasteiger partial charge in [-0.25, -0.2) is 0 Å². The molecule has 6 heteroatoms. The van der Waals surface area contributed by atoms with Crippen LogP contribution >= 0.6 is 0 Å². The molecule has 0 heterocycles. The van der Waals surface area contributed by atoms with Crippen molar-refractivity contribution < 1.29 is 19.1 Å². The highest BCUT2D eigenvalue weighted by Gasteiger charge is 2.53. The summed E-state index contributed by atoms with van der Waals surface area (Å²) in [5, 5.41) is -0.652. The van der Waals surface area contributed by atoms with Crippen LogP contribution in [0.5, 0.6) is 0 Å². The second kappa shape index (κ2) is 8.28. The minimum absolute atomic E-state index is 0.178. The molecular weight excluding hydrogens is 324 g/mol. The number of hydrogen-bond acceptors (Lipinski definition) is 4. The second-order valence-electron chi connectivity index (χ2n) is 8.19. The first-order valence-electron chi connectivity index (χ1n) is 8.23. The summed E-state index contributed by atoms with van der Waals surface area (Å²) in [6, 6.07) is 0. The number of methoxy groups -OCH3 is 1. The van der Waals surface area contributed by atoms with Crippen molar-refractivity contribution in [1.29, 1.82) is 0 Å². The molecule has 0 aliphatic carbocycles. The van der Waals surface area contributed by atoms with Gasteiger partial charge in [-0.15, -0.1) is 6.58 Å². The van der Waals surface area contributed by atoms with Gasteiger partial charge < -0.3 is 9.47 Å². The van der Waals surface area contributed by atoms with Crippen molar-refractivity contribution >= 4 is 28.1 Å². The van der Waals surface area contributed by atoms with Gasteiger partial charge in [0, 0.05) is 0 Å². The third-order valence-electron chi connectivity index (χ3n) is 4.67. The van der Waals surface area contributed by atoms with E-state index in [2.05, 4.69) is 45.9 Å². The van der Waals surface area contributed by atoms with Crippen LogP contribution in [-0.2, 0) is 19.1 Å². The molecule has 134 valence electrons. The summed E-state index contributed by atoms with van der Waals surface area (Å²) >= 11 is 0. The summed E-state index contributed by atoms with van der Waals surface area (Å²) in [7, 11) is -2.42. The van der Waals surface area contributed by atoms with Gasteiger partial charge in [0.2, 0.25) is 0 Å². The highest BCUT2D eigenvalue weighted by Crippen LogP contribution is 2.52. The molecule has 0 aliphatic heterocycles. The molecule has 0 unspecified atom stereocenters. The summed E-state index contributed by atoms with van der Waals surface area (Å²) in [6.45, 7) is 18.9. The lowest BCUT2D eigenvalue weighted by Crippen LogP contribution is -2.49. The standard InChI is InChI=1S/C17H34O4Si2/c1-10-12-17(16(19)20-3,23(7,8)9)13-14(22(4,5)6)15(18)21-11-2/h10,14H,1,11-13H2,2-9H3/t14-,17-/m0/s1. The van der Waals surface area contributed by atoms with Crippen molar-refractivity contribution in [3.8, 4) is 0 Å². The van der Waals surface area contributed by atoms with Crippen LogP contribution in [0.1, 0.15) is 19.8 Å². The first-order valence-corrected chi connectivity index (χ1v) is 15.3. The number of allylic oxidation sites excluding steroid dienone is 1. The molecule has 0 aromatic rings. The van der Waals surface area contributed by atoms with Crippen LogP contribution in [0, 0.1) is 0 Å². The van der Waals surface area contributed by atoms with Crippen molar-refractivity contribution in [2.45, 2.75) is 69.6 Å². The zero-order valence-electron chi connectivity index (χ0n) is 16.1. The van der Waals surface area contributed by atoms with Gasteiger partial charge in [-0.1, -0.05) is 45.4 Å². The third kappa shape index (κ3) is 5.31. The van der Waals surface area contributed by atoms with Gasteiger partial charge in [-0.3, -0.25) is 9.59 Å². The van der Waals surface area contributed by atoms with Gasteiger partial charge in [0.1, 0.15) is 0 Å². The Labute approximate surface area is 143 Å². The van der Waals surface area contributed by atoms with Crippen LogP contribution in [-0.4, -0.2) is 41.8 Å². The van der Waals surface area contributed by atoms with Crippen molar-refractivity contribution in [2.24, 2.45) is 0 Å². The quantitative estimate of drug-likeness (QED) is 0.346. The van der Waals surface area contributed by atoms with Crippen LogP contribution < -0.4 is 0 Å². The fraction of sp³-hybridized carbons (Fsp3) is 0.765. The molecule has 0 aromatic heterocycles. The number of rotatable bonds is 9. The summed E-state index contributed by atoms with van der Waals surface area (Å²) in [6.07, 6.45) is 2.81. The molecule has 23 heavy (non-hydrogen) atoms. The van der Waals surface area contributed by atoms with Crippen molar-refractivity contribution in [2.75, 3.05) is 13.7 Å². The average molecular weight is 359 g/mol. The Morgan fingerprint density at radius 2 is 1.70 bits per heavy atom. The SMILES string of the molecule is C=CC[C@](C[C@@H](C(=O)OCC)[Si](C)(C)C)(C(=O)OC)[Si](C)(C)C. The predicted molar refractivity (Wildman–Crippen MR) is 101 cm³/mol. The molecule has 0 rings (SSSR count). The second-order valence-corrected chi connectivity index (χ2v) is 19.1. The van der Waals surface area contributed by atoms with Crippen molar-refractivity contribution in [3.05, 3.63) is 12.7 Å². The molecular formula is C17H34O4Si2. The molecule has 0 N–H and O–H groups in total. The minimum Gasteiger partial charge on any atom is -0.469 e. The van der Waals surface area contributed by atoms with Crippen molar-refractivity contribution in [1.82, 2.24) is 0 Å². The fourth-order valence-corrected chi connectivity index (χ4v) is 7.19. The number of hydrogen-bond donors (Lipinski definition) is 0. The molecule has 0 amide bonds. The van der Waals surface area contributed by atoms with Crippen LogP contribution in [0.2, 0.25) is 49.9 Å². The van der Waals surface area contributed by atoms with Crippen molar-refractivity contribution in [3.63, 3.8) is 0 Å². The maximum Gasteiger partial charge on any atom is 0.309 e. The van der Waals surface area contributed by atoms with Gasteiger partial charge >= 0.3 is 11.9 Å². The smallest absolute Gasteiger partial charge is 0.309 e. The van der Waals surface area contributed by atoms with Gasteiger partial charge in [0.05, 0.1) is 40.4 Å². The molecule has 0 saturated carbocycles. The Hall–Kier alpha value is -0.886. The summed E-state index contributed by atoms with van der Waals surface area (Å²) in [5.41, 5.74) is -0.228. The molecule has 0 radical (unpaired) electrons. The normalized spacial score (nSPS) is 16.2. The van der Waals surface area contributed by atoms with E-state index >= 15 is 0 Å². The zero-order valence-corrected chi connectivity index (χ0v) is 18.1. The van der Waals surface area contributed by atoms with Crippen LogP contribution in [0.25, 0.3) is 0 Å². The predicted octanol–water partition coefficient (Wildman–Crippen LogP) is 4.48. The minimum atomic E-state index is -1.98. The highest BCUT2D eigenvalue weighted by atomic mass is 28.3. The summed E-state index contributed by atoms with van der Waals surface area (Å²) < 4.78 is 10.5. The Morgan fingerprint density at radius 1 is 1.17 bits per heavy atom. The van der Waals surface area contributed by atoms with E-state index in [0.29, 0.717) is 19.4 Å². The van der Waals surface area contributed by atoms with E-state index in [1.54, 1.807) is 6.08 Å². The maximum absolute atomic E-state index is 12.7. The van der Waals surface area contributed by atoms with Gasteiger partial charge in [-0.05, 0) is 19.8 Å². The lowest BCUT2D eigenvalue weighted by Gasteiger charge is -2.44. The Balaban J connectivity index is 6.02. The Morgan fingerprint density at radius 3 is 2.00 bits per heavy atom. The summed E-state index contributed by atoms with van der Waals surface area (Å²) in [5.74, 6) is -0.397. The van der Waals surface area contributed by atoms with E-state index in [4.69, 9.17) is 9.47 Å². The number of carbonyl (C=O) groups excluding carboxylic acids is 2. The third-order valence-corrected chi connectivity index (χ3v) is 10.7. The Bertz CT molecular complexity index is 435. The molecule has 0 fully saturated rings. The number of esters is 2. The van der Waals surface area contributed by atoms with E-state index < -0.39 is 21.2 Å². The zero-order chi connectivity index (χ0) is 18.5. The van der Waals surface area contributed by atoms with Crippen LogP contribution in [0.4, 0.5) is 0 Å². The number of carbonyl (C=O) groups is 2. The molecule has 0 aliphatic rings. The molecule has 0 spiro atoms. The van der Waals surface area contributed by atoms with Gasteiger partial charge in [0.25, 0.3) is 0 Å². The van der Waals surface area contributed by atoms with E-state index in [1.165, 1.54) is 7.11 Å². The van der Waals surface area contributed by atoms with Crippen LogP contribution in [0.15, 0.2) is 12.7 Å². The van der Waals surface area contributed by atoms with Gasteiger partial charge in [0.15, 0.2) is 0 Å². The first kappa shape index (κ1) is 22.1. The topological polar surface area (TPSA) is 52.6 Å². The van der Waals surface area contributed by atoms with Gasteiger partial charge in [-0.2, -0.15) is 0 Å². The Kier molecular flexibility index (Phi) is 7.96. The van der Waals surface area contributed by atoms with E-state index in [9.17, 15) is 9.59 Å². The molecule has 0 saturated heterocycles. The molecule has 0 bridgehead atoms. The lowest BCUT2D eigenvalue weighted by molar-refractivity contribution is -0.146. The van der Waals surface area contributed by atoms with E-state index in [-0.39, 0.29) is 17.5 Å². The largest absolute Gasteiger partial charge is 0.469 e. The lowest BCUT2D eigenvalue weighted by atomic mass is 9.97. The highest BCUT2D eigenvalue weighted by molar-refractivity contribution is 6.83. The maximum atomic E-state index is 12.7. The fourth-order valence-electron chi connectivity index (χ4n) is 2.94. The first-order chi connectivity index (χ1) is 10.4. The van der Waals surface area contributed by atoms with Crippen LogP contribution in [0.3, 0.4) is 0 Å². The number of ether oxygens (including phenoxy) is 2. The molecule has 4 nitrogen and oxygen atoms in total. The summed E-state index contributed by atoms with van der Waals surface area (Å²) in [4.78, 5) is 25.3. The van der Waals surface area contributed by atoms with E-state index in [0.717, 1.165) is 0 Å². The molecule has 0 aromatic carbocycles. The van der Waals surface area contributed by atoms with E-state index in [1.807, 2.05) is 6.92 Å². The average Bonchev–Trinajstić information content (AvgIpc) is 2.39.